The van der Waals surface area contributed by atoms with E-state index in [2.05, 4.69) is 10.3 Å². The molecule has 3 nitrogen and oxygen atoms in total. The van der Waals surface area contributed by atoms with Crippen LogP contribution < -0.4 is 5.32 Å². The molecule has 1 aliphatic carbocycles. The number of aliphatic hydroxyl groups excluding tert-OH is 1. The van der Waals surface area contributed by atoms with Crippen LogP contribution in [-0.2, 0) is 6.54 Å². The number of rotatable bonds is 4. The molecule has 0 bridgehead atoms. The van der Waals surface area contributed by atoms with Gasteiger partial charge in [-0.05, 0) is 18.9 Å². The van der Waals surface area contributed by atoms with Gasteiger partial charge in [-0.2, -0.15) is 0 Å². The molecule has 0 saturated heterocycles. The summed E-state index contributed by atoms with van der Waals surface area (Å²) in [6, 6.07) is 3.80. The van der Waals surface area contributed by atoms with Gasteiger partial charge in [0.2, 0.25) is 0 Å². The van der Waals surface area contributed by atoms with Crippen LogP contribution >= 0.6 is 11.6 Å². The van der Waals surface area contributed by atoms with Crippen molar-refractivity contribution in [3.05, 3.63) is 29.0 Å². The zero-order valence-corrected chi connectivity index (χ0v) is 8.59. The first kappa shape index (κ1) is 9.90. The Morgan fingerprint density at radius 2 is 2.36 bits per heavy atom. The molecule has 1 heterocycles. The van der Waals surface area contributed by atoms with Gasteiger partial charge >= 0.3 is 0 Å². The van der Waals surface area contributed by atoms with Crippen molar-refractivity contribution in [3.63, 3.8) is 0 Å². The van der Waals surface area contributed by atoms with E-state index in [1.807, 2.05) is 12.1 Å². The monoisotopic (exact) mass is 212 g/mol. The summed E-state index contributed by atoms with van der Waals surface area (Å²) in [5.41, 5.74) is 0.938. The minimum Gasteiger partial charge on any atom is -0.394 e. The maximum absolute atomic E-state index is 9.09. The predicted octanol–water partition coefficient (Wildman–Crippen LogP) is 1.35. The highest BCUT2D eigenvalue weighted by Crippen LogP contribution is 2.34. The molecule has 4 heteroatoms. The van der Waals surface area contributed by atoms with Crippen molar-refractivity contribution in [2.75, 3.05) is 6.61 Å². The normalized spacial score (nSPS) is 18.1. The van der Waals surface area contributed by atoms with Gasteiger partial charge in [0.05, 0.1) is 6.61 Å². The van der Waals surface area contributed by atoms with Crippen LogP contribution in [0.25, 0.3) is 0 Å². The Bertz CT molecular complexity index is 326. The Labute approximate surface area is 88.1 Å². The van der Waals surface area contributed by atoms with Gasteiger partial charge in [0.15, 0.2) is 0 Å². The van der Waals surface area contributed by atoms with Crippen LogP contribution in [0.5, 0.6) is 0 Å². The fourth-order valence-electron chi connectivity index (χ4n) is 1.38. The topological polar surface area (TPSA) is 45.1 Å². The number of pyridine rings is 1. The molecule has 0 aromatic carbocycles. The van der Waals surface area contributed by atoms with Crippen molar-refractivity contribution in [1.82, 2.24) is 10.3 Å². The fourth-order valence-corrected chi connectivity index (χ4v) is 1.56. The lowest BCUT2D eigenvalue weighted by Crippen LogP contribution is -2.34. The molecule has 0 atom stereocenters. The molecular weight excluding hydrogens is 200 g/mol. The van der Waals surface area contributed by atoms with E-state index in [1.54, 1.807) is 6.20 Å². The third kappa shape index (κ3) is 2.05. The second kappa shape index (κ2) is 3.85. The van der Waals surface area contributed by atoms with Crippen molar-refractivity contribution >= 4 is 11.6 Å². The molecule has 0 unspecified atom stereocenters. The van der Waals surface area contributed by atoms with Crippen molar-refractivity contribution < 1.29 is 5.11 Å². The number of halogens is 1. The van der Waals surface area contributed by atoms with E-state index in [1.165, 1.54) is 0 Å². The lowest BCUT2D eigenvalue weighted by atomic mass is 10.2. The fraction of sp³-hybridized carbons (Fsp3) is 0.500. The van der Waals surface area contributed by atoms with Crippen molar-refractivity contribution in [2.24, 2.45) is 0 Å². The molecule has 2 rings (SSSR count). The molecular formula is C10H13ClN2O. The highest BCUT2D eigenvalue weighted by molar-refractivity contribution is 6.30. The smallest absolute Gasteiger partial charge is 0.133 e. The summed E-state index contributed by atoms with van der Waals surface area (Å²) in [6.07, 6.45) is 3.76. The van der Waals surface area contributed by atoms with Crippen LogP contribution in [0.3, 0.4) is 0 Å². The molecule has 2 N–H and O–H groups in total. The van der Waals surface area contributed by atoms with Gasteiger partial charge in [-0.25, -0.2) is 4.98 Å². The first-order valence-electron chi connectivity index (χ1n) is 4.71. The Morgan fingerprint density at radius 3 is 2.93 bits per heavy atom. The highest BCUT2D eigenvalue weighted by atomic mass is 35.5. The van der Waals surface area contributed by atoms with Crippen LogP contribution in [0.1, 0.15) is 18.4 Å². The third-order valence-corrected chi connectivity index (χ3v) is 2.99. The summed E-state index contributed by atoms with van der Waals surface area (Å²) in [4.78, 5) is 3.99. The second-order valence-corrected chi connectivity index (χ2v) is 4.10. The zero-order chi connectivity index (χ0) is 10.0. The largest absolute Gasteiger partial charge is 0.394 e. The third-order valence-electron chi connectivity index (χ3n) is 2.65. The van der Waals surface area contributed by atoms with Crippen molar-refractivity contribution in [3.8, 4) is 0 Å². The highest BCUT2D eigenvalue weighted by Gasteiger charge is 2.41. The molecule has 1 aliphatic rings. The average molecular weight is 213 g/mol. The summed E-state index contributed by atoms with van der Waals surface area (Å²) in [5, 5.41) is 12.9. The number of nitrogens with one attached hydrogen (secondary N) is 1. The van der Waals surface area contributed by atoms with E-state index in [9.17, 15) is 0 Å². The van der Waals surface area contributed by atoms with E-state index >= 15 is 0 Å². The van der Waals surface area contributed by atoms with Gasteiger partial charge in [-0.1, -0.05) is 17.7 Å². The lowest BCUT2D eigenvalue weighted by Gasteiger charge is -2.14. The van der Waals surface area contributed by atoms with Crippen LogP contribution in [0.15, 0.2) is 18.3 Å². The molecule has 1 aromatic rings. The number of aromatic nitrogens is 1. The summed E-state index contributed by atoms with van der Waals surface area (Å²) in [6.45, 7) is 0.873. The van der Waals surface area contributed by atoms with E-state index < -0.39 is 0 Å². The number of hydrogen-bond donors (Lipinski definition) is 2. The van der Waals surface area contributed by atoms with Crippen LogP contribution in [0.2, 0.25) is 5.15 Å². The average Bonchev–Trinajstić information content (AvgIpc) is 2.98. The summed E-state index contributed by atoms with van der Waals surface area (Å²) >= 11 is 5.90. The first-order valence-corrected chi connectivity index (χ1v) is 5.09. The quantitative estimate of drug-likeness (QED) is 0.741. The Balaban J connectivity index is 1.95. The molecule has 0 radical (unpaired) electrons. The van der Waals surface area contributed by atoms with E-state index in [4.69, 9.17) is 16.7 Å². The van der Waals surface area contributed by atoms with Crippen LogP contribution in [-0.4, -0.2) is 22.2 Å². The van der Waals surface area contributed by atoms with Gasteiger partial charge < -0.3 is 10.4 Å². The maximum atomic E-state index is 9.09. The SMILES string of the molecule is OCC1(NCc2cccnc2Cl)CC1. The summed E-state index contributed by atoms with van der Waals surface area (Å²) in [5.74, 6) is 0. The van der Waals surface area contributed by atoms with Gasteiger partial charge in [0.1, 0.15) is 5.15 Å². The Morgan fingerprint density at radius 1 is 1.57 bits per heavy atom. The van der Waals surface area contributed by atoms with E-state index in [0.29, 0.717) is 11.7 Å². The van der Waals surface area contributed by atoms with E-state index in [0.717, 1.165) is 18.4 Å². The number of aliphatic hydroxyl groups is 1. The zero-order valence-electron chi connectivity index (χ0n) is 7.83. The van der Waals surface area contributed by atoms with Crippen LogP contribution in [0, 0.1) is 0 Å². The van der Waals surface area contributed by atoms with Crippen molar-refractivity contribution in [2.45, 2.75) is 24.9 Å². The van der Waals surface area contributed by atoms with Gasteiger partial charge in [-0.3, -0.25) is 0 Å². The first-order chi connectivity index (χ1) is 6.76. The molecule has 1 fully saturated rings. The number of hydrogen-bond acceptors (Lipinski definition) is 3. The predicted molar refractivity (Wildman–Crippen MR) is 55.1 cm³/mol. The Hall–Kier alpha value is -0.640. The maximum Gasteiger partial charge on any atom is 0.133 e. The molecule has 14 heavy (non-hydrogen) atoms. The van der Waals surface area contributed by atoms with Gasteiger partial charge in [0.25, 0.3) is 0 Å². The number of nitrogens with zero attached hydrogens (tertiary/aromatic N) is 1. The van der Waals surface area contributed by atoms with Crippen LogP contribution in [0.4, 0.5) is 0 Å². The lowest BCUT2D eigenvalue weighted by molar-refractivity contribution is 0.229. The minimum atomic E-state index is -0.0425. The molecule has 0 amide bonds. The molecule has 1 aromatic heterocycles. The minimum absolute atomic E-state index is 0.0425. The molecule has 1 saturated carbocycles. The summed E-state index contributed by atoms with van der Waals surface area (Å²) in [7, 11) is 0. The standard InChI is InChI=1S/C10H13ClN2O/c11-9-8(2-1-5-12-9)6-13-10(7-14)3-4-10/h1-2,5,13-14H,3-4,6-7H2. The second-order valence-electron chi connectivity index (χ2n) is 3.75. The van der Waals surface area contributed by atoms with Crippen molar-refractivity contribution in [1.29, 1.82) is 0 Å². The molecule has 0 aliphatic heterocycles. The van der Waals surface area contributed by atoms with Gasteiger partial charge in [0, 0.05) is 23.8 Å². The molecule has 76 valence electrons. The Kier molecular flexibility index (Phi) is 2.72. The molecule has 0 spiro atoms. The van der Waals surface area contributed by atoms with Gasteiger partial charge in [-0.15, -0.1) is 0 Å². The van der Waals surface area contributed by atoms with E-state index in [-0.39, 0.29) is 12.1 Å². The summed E-state index contributed by atoms with van der Waals surface area (Å²) < 4.78 is 0.